The minimum Gasteiger partial charge on any atom is -0.480 e. The van der Waals surface area contributed by atoms with Crippen molar-refractivity contribution >= 4 is 5.97 Å². The maximum Gasteiger partial charge on any atom is 0.323 e. The third-order valence-corrected chi connectivity index (χ3v) is 10.2. The van der Waals surface area contributed by atoms with E-state index >= 15 is 0 Å². The highest BCUT2D eigenvalue weighted by atomic mass is 16.4. The van der Waals surface area contributed by atoms with Crippen LogP contribution in [0.4, 0.5) is 0 Å². The Morgan fingerprint density at radius 3 is 1.66 bits per heavy atom. The minimum atomic E-state index is -0.717. The fourth-order valence-electron chi connectivity index (χ4n) is 10.2. The van der Waals surface area contributed by atoms with Gasteiger partial charge in [-0.25, -0.2) is 4.98 Å². The molecule has 0 amide bonds. The minimum absolute atomic E-state index is 0.0937. The van der Waals surface area contributed by atoms with Gasteiger partial charge in [-0.3, -0.25) is 4.79 Å². The first-order valence-electron chi connectivity index (χ1n) is 12.3. The number of aromatic nitrogens is 2. The van der Waals surface area contributed by atoms with Crippen LogP contribution in [0.2, 0.25) is 0 Å². The van der Waals surface area contributed by atoms with Gasteiger partial charge in [-0.2, -0.15) is 0 Å². The van der Waals surface area contributed by atoms with Crippen molar-refractivity contribution in [3.05, 3.63) is 17.7 Å². The molecule has 0 spiro atoms. The summed E-state index contributed by atoms with van der Waals surface area (Å²) in [5, 5.41) is 9.67. The molecule has 8 bridgehead atoms. The first-order chi connectivity index (χ1) is 14.0. The molecule has 1 N–H and O–H groups in total. The van der Waals surface area contributed by atoms with Crippen LogP contribution < -0.4 is 0 Å². The van der Waals surface area contributed by atoms with E-state index in [-0.39, 0.29) is 17.4 Å². The van der Waals surface area contributed by atoms with E-state index in [9.17, 15) is 9.90 Å². The zero-order chi connectivity index (χ0) is 19.4. The van der Waals surface area contributed by atoms with Crippen LogP contribution in [0.25, 0.3) is 0 Å². The quantitative estimate of drug-likeness (QED) is 0.790. The molecule has 156 valence electrons. The fraction of sp³-hybridized carbons (Fsp3) is 0.840. The van der Waals surface area contributed by atoms with Gasteiger partial charge in [-0.1, -0.05) is 0 Å². The molecule has 1 heterocycles. The van der Waals surface area contributed by atoms with Gasteiger partial charge in [0.1, 0.15) is 12.4 Å². The molecule has 0 saturated heterocycles. The van der Waals surface area contributed by atoms with E-state index in [1.54, 1.807) is 0 Å². The van der Waals surface area contributed by atoms with Crippen molar-refractivity contribution in [2.24, 2.45) is 35.5 Å². The van der Waals surface area contributed by atoms with Crippen LogP contribution in [-0.2, 0) is 22.2 Å². The van der Waals surface area contributed by atoms with Gasteiger partial charge in [0.25, 0.3) is 0 Å². The second-order valence-corrected chi connectivity index (χ2v) is 12.4. The normalized spacial score (nSPS) is 49.1. The van der Waals surface area contributed by atoms with Crippen LogP contribution in [0, 0.1) is 35.5 Å². The Bertz CT molecular complexity index is 798. The number of nitrogens with zero attached hydrogens (tertiary/aromatic N) is 2. The third kappa shape index (κ3) is 2.50. The molecule has 1 aromatic heterocycles. The number of rotatable bonds is 4. The van der Waals surface area contributed by atoms with Crippen molar-refractivity contribution in [3.8, 4) is 0 Å². The predicted molar refractivity (Wildman–Crippen MR) is 110 cm³/mol. The van der Waals surface area contributed by atoms with Gasteiger partial charge in [0.2, 0.25) is 0 Å². The molecule has 8 aliphatic carbocycles. The Labute approximate surface area is 173 Å². The average Bonchev–Trinajstić information content (AvgIpc) is 3.04. The number of carbonyl (C=O) groups is 1. The second kappa shape index (κ2) is 5.68. The molecule has 0 atom stereocenters. The van der Waals surface area contributed by atoms with Gasteiger partial charge >= 0.3 is 5.97 Å². The highest BCUT2D eigenvalue weighted by Gasteiger charge is 2.56. The number of aliphatic carboxylic acids is 1. The van der Waals surface area contributed by atoms with Gasteiger partial charge in [-0.05, 0) is 113 Å². The zero-order valence-corrected chi connectivity index (χ0v) is 17.5. The van der Waals surface area contributed by atoms with E-state index in [1.165, 1.54) is 88.6 Å². The standard InChI is InChI=1S/C25H34N2O2/c28-22(29)14-27-13-21(24-7-15-1-16(8-24)3-17(2-15)9-24)26-23(27)25-10-18-4-19(11-25)6-20(5-18)12-25/h13,15-20H,1-12,14H2,(H,28,29). The van der Waals surface area contributed by atoms with E-state index in [1.807, 2.05) is 0 Å². The smallest absolute Gasteiger partial charge is 0.323 e. The van der Waals surface area contributed by atoms with Crippen LogP contribution >= 0.6 is 0 Å². The molecule has 0 radical (unpaired) electrons. The monoisotopic (exact) mass is 394 g/mol. The largest absolute Gasteiger partial charge is 0.480 e. The van der Waals surface area contributed by atoms with Crippen LogP contribution in [0.1, 0.15) is 88.6 Å². The maximum atomic E-state index is 11.8. The van der Waals surface area contributed by atoms with Gasteiger partial charge in [0.05, 0.1) is 5.69 Å². The number of carboxylic acid groups (broad SMARTS) is 1. The van der Waals surface area contributed by atoms with E-state index in [0.717, 1.165) is 35.5 Å². The Kier molecular flexibility index (Phi) is 3.40. The molecule has 0 aromatic carbocycles. The Morgan fingerprint density at radius 2 is 1.24 bits per heavy atom. The number of hydrogen-bond donors (Lipinski definition) is 1. The Balaban J connectivity index is 1.32. The maximum absolute atomic E-state index is 11.8. The summed E-state index contributed by atoms with van der Waals surface area (Å²) >= 11 is 0. The summed E-state index contributed by atoms with van der Waals surface area (Å²) in [6, 6.07) is 0. The molecule has 0 aliphatic heterocycles. The second-order valence-electron chi connectivity index (χ2n) is 12.4. The molecule has 0 unspecified atom stereocenters. The SMILES string of the molecule is O=C(O)Cn1cc(C23CC4CC(CC(C4)C2)C3)nc1C12CC3CC(CC(C3)C1)C2. The van der Waals surface area contributed by atoms with Gasteiger partial charge in [0.15, 0.2) is 0 Å². The lowest BCUT2D eigenvalue weighted by Crippen LogP contribution is -2.50. The summed E-state index contributed by atoms with van der Waals surface area (Å²) in [6.45, 7) is 0.0937. The lowest BCUT2D eigenvalue weighted by Gasteiger charge is -2.57. The molecule has 9 rings (SSSR count). The highest BCUT2D eigenvalue weighted by molar-refractivity contribution is 5.66. The van der Waals surface area contributed by atoms with E-state index in [0.29, 0.717) is 0 Å². The van der Waals surface area contributed by atoms with Crippen LogP contribution in [0.3, 0.4) is 0 Å². The van der Waals surface area contributed by atoms with Crippen LogP contribution in [0.15, 0.2) is 6.20 Å². The number of imidazole rings is 1. The molecule has 4 heteroatoms. The topological polar surface area (TPSA) is 55.1 Å². The first-order valence-corrected chi connectivity index (χ1v) is 12.3. The van der Waals surface area contributed by atoms with Crippen molar-refractivity contribution in [1.29, 1.82) is 0 Å². The van der Waals surface area contributed by atoms with E-state index < -0.39 is 5.97 Å². The van der Waals surface area contributed by atoms with E-state index in [4.69, 9.17) is 4.98 Å². The number of carboxylic acids is 1. The Hall–Kier alpha value is -1.32. The van der Waals surface area contributed by atoms with E-state index in [2.05, 4.69) is 10.8 Å². The molecule has 8 saturated carbocycles. The van der Waals surface area contributed by atoms with Crippen LogP contribution in [-0.4, -0.2) is 20.6 Å². The molecule has 1 aromatic rings. The van der Waals surface area contributed by atoms with Crippen molar-refractivity contribution in [3.63, 3.8) is 0 Å². The third-order valence-electron chi connectivity index (χ3n) is 10.2. The summed E-state index contributed by atoms with van der Waals surface area (Å²) < 4.78 is 2.10. The highest BCUT2D eigenvalue weighted by Crippen LogP contribution is 2.63. The Morgan fingerprint density at radius 1 is 0.828 bits per heavy atom. The fourth-order valence-corrected chi connectivity index (χ4v) is 10.2. The molecular weight excluding hydrogens is 360 g/mol. The zero-order valence-electron chi connectivity index (χ0n) is 17.5. The summed E-state index contributed by atoms with van der Waals surface area (Å²) in [4.78, 5) is 17.2. The molecule has 8 aliphatic rings. The van der Waals surface area contributed by atoms with Gasteiger partial charge in [-0.15, -0.1) is 0 Å². The van der Waals surface area contributed by atoms with Gasteiger partial charge in [0, 0.05) is 17.0 Å². The summed E-state index contributed by atoms with van der Waals surface area (Å²) in [7, 11) is 0. The number of hydrogen-bond acceptors (Lipinski definition) is 2. The lowest BCUT2D eigenvalue weighted by molar-refractivity contribution is -0.137. The van der Waals surface area contributed by atoms with Gasteiger partial charge < -0.3 is 9.67 Å². The molecule has 29 heavy (non-hydrogen) atoms. The predicted octanol–water partition coefficient (Wildman–Crippen LogP) is 4.90. The summed E-state index contributed by atoms with van der Waals surface area (Å²) in [5.74, 6) is 5.73. The average molecular weight is 395 g/mol. The van der Waals surface area contributed by atoms with Crippen molar-refractivity contribution in [2.45, 2.75) is 94.4 Å². The van der Waals surface area contributed by atoms with Crippen LogP contribution in [0.5, 0.6) is 0 Å². The summed E-state index contributed by atoms with van der Waals surface area (Å²) in [6.07, 6.45) is 18.5. The first kappa shape index (κ1) is 17.4. The molecular formula is C25H34N2O2. The molecule has 4 nitrogen and oxygen atoms in total. The van der Waals surface area contributed by atoms with Crippen molar-refractivity contribution in [2.75, 3.05) is 0 Å². The van der Waals surface area contributed by atoms with Crippen molar-refractivity contribution < 1.29 is 9.90 Å². The summed E-state index contributed by atoms with van der Waals surface area (Å²) in [5.41, 5.74) is 1.71. The lowest BCUT2D eigenvalue weighted by atomic mass is 9.48. The molecule has 8 fully saturated rings. The van der Waals surface area contributed by atoms with Crippen molar-refractivity contribution in [1.82, 2.24) is 9.55 Å².